The molecule has 0 aromatic heterocycles. The summed E-state index contributed by atoms with van der Waals surface area (Å²) in [6.45, 7) is 5.10. The molecule has 0 amide bonds. The Balaban J connectivity index is 2.34. The second-order valence-corrected chi connectivity index (χ2v) is 4.19. The minimum absolute atomic E-state index is 0.170. The summed E-state index contributed by atoms with van der Waals surface area (Å²) >= 11 is -1.04. The third-order valence-corrected chi connectivity index (χ3v) is 3.14. The van der Waals surface area contributed by atoms with Crippen molar-refractivity contribution in [1.82, 2.24) is 0 Å². The molecule has 0 saturated carbocycles. The van der Waals surface area contributed by atoms with Crippen molar-refractivity contribution in [3.05, 3.63) is 0 Å². The number of nitrogens with zero attached hydrogens (tertiary/aromatic N) is 1. The quantitative estimate of drug-likeness (QED) is 0.599. The summed E-state index contributed by atoms with van der Waals surface area (Å²) in [5, 5.41) is 0.170. The molecule has 11 heavy (non-hydrogen) atoms. The first-order valence-corrected chi connectivity index (χ1v) is 4.96. The Kier molecular flexibility index (Phi) is 3.36. The molecule has 0 radical (unpaired) electrons. The van der Waals surface area contributed by atoms with Crippen LogP contribution in [0.4, 0.5) is 0 Å². The highest BCUT2D eigenvalue weighted by molar-refractivity contribution is 7.90. The zero-order valence-corrected chi connectivity index (χ0v) is 7.69. The van der Waals surface area contributed by atoms with Crippen LogP contribution in [0, 0.1) is 0 Å². The highest BCUT2D eigenvalue weighted by Crippen LogP contribution is 2.09. The third kappa shape index (κ3) is 2.47. The predicted octanol–water partition coefficient (Wildman–Crippen LogP) is 0.920. The van der Waals surface area contributed by atoms with Gasteiger partial charge in [-0.3, -0.25) is 0 Å². The highest BCUT2D eigenvalue weighted by atomic mass is 32.2. The first-order chi connectivity index (χ1) is 5.24. The standard InChI is InChI=1S/C7H13NO2S/c1-3-6(2)11(9)8-7-4-10-5-7/h6H,3-5H2,1-2H3. The predicted molar refractivity (Wildman–Crippen MR) is 46.1 cm³/mol. The summed E-state index contributed by atoms with van der Waals surface area (Å²) in [5.74, 6) is 0. The fourth-order valence-electron chi connectivity index (χ4n) is 0.606. The first kappa shape index (κ1) is 9.03. The summed E-state index contributed by atoms with van der Waals surface area (Å²) in [7, 11) is 0. The fraction of sp³-hybridized carbons (Fsp3) is 0.857. The van der Waals surface area contributed by atoms with Crippen LogP contribution >= 0.6 is 0 Å². The molecule has 0 bridgehead atoms. The summed E-state index contributed by atoms with van der Waals surface area (Å²) in [6, 6.07) is 0. The number of hydrogen-bond acceptors (Lipinski definition) is 3. The molecule has 3 nitrogen and oxygen atoms in total. The Morgan fingerprint density at radius 1 is 1.73 bits per heavy atom. The molecule has 2 unspecified atom stereocenters. The van der Waals surface area contributed by atoms with Gasteiger partial charge in [0, 0.05) is 0 Å². The SMILES string of the molecule is CCC(C)[S+]([O-])N=C1COC1. The first-order valence-electron chi connectivity index (χ1n) is 3.79. The molecule has 1 heterocycles. The van der Waals surface area contributed by atoms with E-state index >= 15 is 0 Å². The monoisotopic (exact) mass is 175 g/mol. The number of ether oxygens (including phenoxy) is 1. The lowest BCUT2D eigenvalue weighted by molar-refractivity contribution is 0.160. The van der Waals surface area contributed by atoms with Gasteiger partial charge in [0.2, 0.25) is 0 Å². The van der Waals surface area contributed by atoms with Crippen molar-refractivity contribution in [2.75, 3.05) is 13.2 Å². The lowest BCUT2D eigenvalue weighted by Gasteiger charge is -2.17. The average molecular weight is 175 g/mol. The van der Waals surface area contributed by atoms with E-state index in [9.17, 15) is 4.55 Å². The Bertz CT molecular complexity index is 155. The maximum absolute atomic E-state index is 11.2. The molecule has 0 aromatic rings. The van der Waals surface area contributed by atoms with Gasteiger partial charge in [0.25, 0.3) is 0 Å². The summed E-state index contributed by atoms with van der Waals surface area (Å²) < 4.78 is 20.1. The van der Waals surface area contributed by atoms with E-state index in [2.05, 4.69) is 4.40 Å². The lowest BCUT2D eigenvalue weighted by Crippen LogP contribution is -2.30. The van der Waals surface area contributed by atoms with Gasteiger partial charge in [-0.2, -0.15) is 0 Å². The molecule has 0 N–H and O–H groups in total. The van der Waals surface area contributed by atoms with Crippen LogP contribution in [0.5, 0.6) is 0 Å². The molecule has 0 spiro atoms. The van der Waals surface area contributed by atoms with Crippen molar-refractivity contribution < 1.29 is 9.29 Å². The van der Waals surface area contributed by atoms with Crippen molar-refractivity contribution in [2.24, 2.45) is 4.40 Å². The van der Waals surface area contributed by atoms with Gasteiger partial charge in [-0.25, -0.2) is 0 Å². The Labute approximate surface area is 70.2 Å². The normalized spacial score (nSPS) is 22.3. The smallest absolute Gasteiger partial charge is 0.140 e. The number of hydrogen-bond donors (Lipinski definition) is 0. The van der Waals surface area contributed by atoms with E-state index in [0.29, 0.717) is 13.2 Å². The second kappa shape index (κ2) is 4.09. The fourth-order valence-corrected chi connectivity index (χ4v) is 1.43. The highest BCUT2D eigenvalue weighted by Gasteiger charge is 2.19. The molecule has 1 fully saturated rings. The van der Waals surface area contributed by atoms with Gasteiger partial charge >= 0.3 is 0 Å². The average Bonchev–Trinajstić information content (AvgIpc) is 1.94. The molecule has 1 aliphatic heterocycles. The maximum atomic E-state index is 11.2. The third-order valence-electron chi connectivity index (χ3n) is 1.68. The van der Waals surface area contributed by atoms with Gasteiger partial charge in [0.1, 0.15) is 11.0 Å². The van der Waals surface area contributed by atoms with E-state index < -0.39 is 11.4 Å². The Morgan fingerprint density at radius 3 is 2.73 bits per heavy atom. The van der Waals surface area contributed by atoms with Crippen LogP contribution in [0.1, 0.15) is 20.3 Å². The van der Waals surface area contributed by atoms with E-state index in [0.717, 1.165) is 12.1 Å². The van der Waals surface area contributed by atoms with Gasteiger partial charge in [-0.15, -0.1) is 0 Å². The molecule has 1 rings (SSSR count). The molecule has 2 atom stereocenters. The summed E-state index contributed by atoms with van der Waals surface area (Å²) in [5.41, 5.74) is 0.934. The molecule has 1 saturated heterocycles. The van der Waals surface area contributed by atoms with Crippen molar-refractivity contribution in [3.63, 3.8) is 0 Å². The van der Waals surface area contributed by atoms with E-state index in [1.807, 2.05) is 13.8 Å². The Morgan fingerprint density at radius 2 is 2.36 bits per heavy atom. The topological polar surface area (TPSA) is 44.7 Å². The van der Waals surface area contributed by atoms with Crippen LogP contribution in [0.25, 0.3) is 0 Å². The van der Waals surface area contributed by atoms with E-state index in [1.165, 1.54) is 0 Å². The van der Waals surface area contributed by atoms with Crippen molar-refractivity contribution in [1.29, 1.82) is 0 Å². The second-order valence-electron chi connectivity index (χ2n) is 2.65. The van der Waals surface area contributed by atoms with Gasteiger partial charge in [0.05, 0.1) is 24.6 Å². The van der Waals surface area contributed by atoms with Gasteiger partial charge in [0.15, 0.2) is 0 Å². The van der Waals surface area contributed by atoms with Gasteiger partial charge in [-0.1, -0.05) is 11.3 Å². The van der Waals surface area contributed by atoms with Crippen molar-refractivity contribution in [2.45, 2.75) is 25.5 Å². The zero-order chi connectivity index (χ0) is 8.27. The van der Waals surface area contributed by atoms with Crippen LogP contribution in [0.3, 0.4) is 0 Å². The van der Waals surface area contributed by atoms with Gasteiger partial charge in [-0.05, 0) is 13.3 Å². The molecule has 4 heteroatoms. The number of rotatable bonds is 3. The summed E-state index contributed by atoms with van der Waals surface area (Å²) in [6.07, 6.45) is 0.907. The lowest BCUT2D eigenvalue weighted by atomic mass is 10.3. The Hall–Kier alpha value is -0.0600. The van der Waals surface area contributed by atoms with E-state index in [1.54, 1.807) is 0 Å². The van der Waals surface area contributed by atoms with Gasteiger partial charge < -0.3 is 9.29 Å². The minimum Gasteiger partial charge on any atom is -0.591 e. The summed E-state index contributed by atoms with van der Waals surface area (Å²) in [4.78, 5) is 0. The molecule has 0 aliphatic carbocycles. The maximum Gasteiger partial charge on any atom is 0.140 e. The van der Waals surface area contributed by atoms with Crippen LogP contribution < -0.4 is 0 Å². The largest absolute Gasteiger partial charge is 0.591 e. The van der Waals surface area contributed by atoms with Crippen LogP contribution in [-0.2, 0) is 16.1 Å². The molecule has 1 aliphatic rings. The van der Waals surface area contributed by atoms with Crippen molar-refractivity contribution >= 4 is 17.1 Å². The van der Waals surface area contributed by atoms with Crippen LogP contribution in [0.2, 0.25) is 0 Å². The van der Waals surface area contributed by atoms with Crippen molar-refractivity contribution in [3.8, 4) is 0 Å². The molecular formula is C7H13NO2S. The zero-order valence-electron chi connectivity index (χ0n) is 6.87. The van der Waals surface area contributed by atoms with E-state index in [-0.39, 0.29) is 5.25 Å². The molecular weight excluding hydrogens is 162 g/mol. The van der Waals surface area contributed by atoms with E-state index in [4.69, 9.17) is 4.74 Å². The van der Waals surface area contributed by atoms with Crippen LogP contribution in [-0.4, -0.2) is 28.7 Å². The molecule has 64 valence electrons. The minimum atomic E-state index is -1.04. The molecule has 0 aromatic carbocycles. The van der Waals surface area contributed by atoms with Crippen LogP contribution in [0.15, 0.2) is 4.40 Å².